The highest BCUT2D eigenvalue weighted by Crippen LogP contribution is 2.28. The third-order valence-electron chi connectivity index (χ3n) is 4.00. The van der Waals surface area contributed by atoms with Crippen LogP contribution in [0.1, 0.15) is 12.8 Å². The average Bonchev–Trinajstić information content (AvgIpc) is 3.02. The van der Waals surface area contributed by atoms with Crippen molar-refractivity contribution in [1.82, 2.24) is 10.0 Å². The Kier molecular flexibility index (Phi) is 7.57. The molecule has 0 amide bonds. The number of benzene rings is 1. The molecule has 1 aromatic carbocycles. The SMILES string of the molecule is COCC1(CNS(=O)(=O)c2ccc([N+](=O)[O-])cc2OC)CCCN1.Cl. The van der Waals surface area contributed by atoms with Crippen molar-refractivity contribution in [3.63, 3.8) is 0 Å². The minimum Gasteiger partial charge on any atom is -0.495 e. The average molecular weight is 396 g/mol. The molecule has 1 aliphatic heterocycles. The number of nitrogens with zero attached hydrogens (tertiary/aromatic N) is 1. The summed E-state index contributed by atoms with van der Waals surface area (Å²) in [5.74, 6) is -0.0723. The minimum absolute atomic E-state index is 0. The van der Waals surface area contributed by atoms with Crippen molar-refractivity contribution in [3.8, 4) is 5.75 Å². The number of non-ortho nitro benzene ring substituents is 1. The lowest BCUT2D eigenvalue weighted by Crippen LogP contribution is -2.52. The summed E-state index contributed by atoms with van der Waals surface area (Å²) in [6.07, 6.45) is 1.73. The van der Waals surface area contributed by atoms with Crippen molar-refractivity contribution in [3.05, 3.63) is 28.3 Å². The fraction of sp³-hybridized carbons (Fsp3) is 0.571. The number of nitro benzene ring substituents is 1. The van der Waals surface area contributed by atoms with Gasteiger partial charge in [-0.05, 0) is 25.5 Å². The lowest BCUT2D eigenvalue weighted by molar-refractivity contribution is -0.385. The molecule has 11 heteroatoms. The topological polar surface area (TPSA) is 120 Å². The van der Waals surface area contributed by atoms with Crippen LogP contribution in [0.3, 0.4) is 0 Å². The van der Waals surface area contributed by atoms with E-state index in [-0.39, 0.29) is 35.3 Å². The number of hydrogen-bond acceptors (Lipinski definition) is 7. The van der Waals surface area contributed by atoms with Gasteiger partial charge in [-0.15, -0.1) is 12.4 Å². The van der Waals surface area contributed by atoms with Crippen LogP contribution in [-0.2, 0) is 14.8 Å². The zero-order chi connectivity index (χ0) is 17.8. The van der Waals surface area contributed by atoms with E-state index in [0.717, 1.165) is 31.5 Å². The second kappa shape index (κ2) is 8.77. The molecule has 2 N–H and O–H groups in total. The van der Waals surface area contributed by atoms with E-state index in [1.54, 1.807) is 7.11 Å². The van der Waals surface area contributed by atoms with Crippen molar-refractivity contribution in [1.29, 1.82) is 0 Å². The van der Waals surface area contributed by atoms with E-state index < -0.39 is 20.5 Å². The van der Waals surface area contributed by atoms with E-state index in [2.05, 4.69) is 10.0 Å². The van der Waals surface area contributed by atoms with Gasteiger partial charge in [0.05, 0.1) is 30.2 Å². The van der Waals surface area contributed by atoms with Gasteiger partial charge in [0.15, 0.2) is 0 Å². The third-order valence-corrected chi connectivity index (χ3v) is 5.44. The highest BCUT2D eigenvalue weighted by atomic mass is 35.5. The smallest absolute Gasteiger partial charge is 0.273 e. The lowest BCUT2D eigenvalue weighted by atomic mass is 9.99. The Hall–Kier alpha value is -1.46. The Morgan fingerprint density at radius 2 is 2.12 bits per heavy atom. The molecule has 1 aliphatic rings. The van der Waals surface area contributed by atoms with Crippen LogP contribution in [0.2, 0.25) is 0 Å². The van der Waals surface area contributed by atoms with E-state index in [4.69, 9.17) is 9.47 Å². The fourth-order valence-electron chi connectivity index (χ4n) is 2.77. The van der Waals surface area contributed by atoms with Gasteiger partial charge in [-0.2, -0.15) is 0 Å². The molecular formula is C14H22ClN3O6S. The molecule has 1 heterocycles. The van der Waals surface area contributed by atoms with Crippen molar-refractivity contribution in [2.45, 2.75) is 23.3 Å². The second-order valence-corrected chi connectivity index (χ2v) is 7.40. The van der Waals surface area contributed by atoms with Crippen LogP contribution in [0.5, 0.6) is 5.75 Å². The summed E-state index contributed by atoms with van der Waals surface area (Å²) < 4.78 is 37.9. The van der Waals surface area contributed by atoms with Crippen LogP contribution < -0.4 is 14.8 Å². The molecule has 0 bridgehead atoms. The Labute approximate surface area is 152 Å². The van der Waals surface area contributed by atoms with Crippen molar-refractivity contribution >= 4 is 28.1 Å². The van der Waals surface area contributed by atoms with Gasteiger partial charge in [0, 0.05) is 19.7 Å². The highest BCUT2D eigenvalue weighted by molar-refractivity contribution is 7.89. The Morgan fingerprint density at radius 1 is 1.40 bits per heavy atom. The van der Waals surface area contributed by atoms with E-state index >= 15 is 0 Å². The number of methoxy groups -OCH3 is 2. The van der Waals surface area contributed by atoms with Gasteiger partial charge in [-0.25, -0.2) is 13.1 Å². The zero-order valence-corrected chi connectivity index (χ0v) is 15.6. The molecule has 1 aromatic rings. The van der Waals surface area contributed by atoms with Crippen molar-refractivity contribution in [2.24, 2.45) is 0 Å². The number of halogens is 1. The maximum atomic E-state index is 12.6. The van der Waals surface area contributed by atoms with Gasteiger partial charge in [0.25, 0.3) is 5.69 Å². The van der Waals surface area contributed by atoms with E-state index in [9.17, 15) is 18.5 Å². The fourth-order valence-corrected chi connectivity index (χ4v) is 4.05. The minimum atomic E-state index is -3.88. The number of sulfonamides is 1. The van der Waals surface area contributed by atoms with Gasteiger partial charge in [0.1, 0.15) is 10.6 Å². The standard InChI is InChI=1S/C14H21N3O6S.ClH/c1-22-10-14(6-3-7-15-14)9-16-24(20,21)13-5-4-11(17(18)19)8-12(13)23-2;/h4-5,8,15-16H,3,6-7,9-10H2,1-2H3;1H. The Bertz CT molecular complexity index is 707. The molecule has 1 atom stereocenters. The summed E-state index contributed by atoms with van der Waals surface area (Å²) in [5.41, 5.74) is -0.686. The summed E-state index contributed by atoms with van der Waals surface area (Å²) in [4.78, 5) is 10.1. The summed E-state index contributed by atoms with van der Waals surface area (Å²) >= 11 is 0. The predicted molar refractivity (Wildman–Crippen MR) is 93.9 cm³/mol. The largest absolute Gasteiger partial charge is 0.495 e. The predicted octanol–water partition coefficient (Wildman–Crippen LogP) is 1.07. The van der Waals surface area contributed by atoms with E-state index in [1.165, 1.54) is 13.2 Å². The zero-order valence-electron chi connectivity index (χ0n) is 14.0. The molecule has 0 spiro atoms. The summed E-state index contributed by atoms with van der Waals surface area (Å²) in [5, 5.41) is 14.1. The molecule has 0 radical (unpaired) electrons. The molecule has 25 heavy (non-hydrogen) atoms. The van der Waals surface area contributed by atoms with Gasteiger partial charge < -0.3 is 14.8 Å². The summed E-state index contributed by atoms with van der Waals surface area (Å²) in [6, 6.07) is 3.40. The molecule has 0 saturated carbocycles. The van der Waals surface area contributed by atoms with Crippen LogP contribution in [0.25, 0.3) is 0 Å². The Balaban J connectivity index is 0.00000312. The number of ether oxygens (including phenoxy) is 2. The van der Waals surface area contributed by atoms with Gasteiger partial charge in [-0.3, -0.25) is 10.1 Å². The number of nitro groups is 1. The first kappa shape index (κ1) is 21.6. The molecule has 142 valence electrons. The van der Waals surface area contributed by atoms with Crippen LogP contribution >= 0.6 is 12.4 Å². The normalized spacial score (nSPS) is 20.1. The van der Waals surface area contributed by atoms with E-state index in [1.807, 2.05) is 0 Å². The number of nitrogens with one attached hydrogen (secondary N) is 2. The second-order valence-electron chi connectivity index (χ2n) is 5.66. The molecule has 9 nitrogen and oxygen atoms in total. The van der Waals surface area contributed by atoms with Crippen LogP contribution in [0.4, 0.5) is 5.69 Å². The third kappa shape index (κ3) is 5.02. The van der Waals surface area contributed by atoms with Gasteiger partial charge in [0.2, 0.25) is 10.0 Å². The maximum absolute atomic E-state index is 12.6. The first-order valence-electron chi connectivity index (χ1n) is 7.40. The molecule has 0 aliphatic carbocycles. The number of rotatable bonds is 8. The highest BCUT2D eigenvalue weighted by Gasteiger charge is 2.35. The molecule has 2 rings (SSSR count). The van der Waals surface area contributed by atoms with Crippen molar-refractivity contribution < 1.29 is 22.8 Å². The number of hydrogen-bond donors (Lipinski definition) is 2. The van der Waals surface area contributed by atoms with Crippen molar-refractivity contribution in [2.75, 3.05) is 33.9 Å². The summed E-state index contributed by atoms with van der Waals surface area (Å²) in [6.45, 7) is 1.34. The maximum Gasteiger partial charge on any atom is 0.273 e. The van der Waals surface area contributed by atoms with Gasteiger partial charge in [-0.1, -0.05) is 0 Å². The molecule has 1 fully saturated rings. The van der Waals surface area contributed by atoms with E-state index in [0.29, 0.717) is 6.61 Å². The lowest BCUT2D eigenvalue weighted by Gasteiger charge is -2.29. The Morgan fingerprint density at radius 3 is 2.64 bits per heavy atom. The summed E-state index contributed by atoms with van der Waals surface area (Å²) in [7, 11) is -1.05. The quantitative estimate of drug-likeness (QED) is 0.499. The van der Waals surface area contributed by atoms with Crippen LogP contribution in [-0.4, -0.2) is 52.8 Å². The molecular weight excluding hydrogens is 374 g/mol. The van der Waals surface area contributed by atoms with Crippen LogP contribution in [0, 0.1) is 10.1 Å². The molecule has 1 unspecified atom stereocenters. The van der Waals surface area contributed by atoms with Crippen LogP contribution in [0.15, 0.2) is 23.1 Å². The molecule has 1 saturated heterocycles. The first-order valence-corrected chi connectivity index (χ1v) is 8.88. The monoisotopic (exact) mass is 395 g/mol. The first-order chi connectivity index (χ1) is 11.3. The van der Waals surface area contributed by atoms with Gasteiger partial charge >= 0.3 is 0 Å². The molecule has 0 aromatic heterocycles.